The molecule has 43 heavy (non-hydrogen) atoms. The van der Waals surface area contributed by atoms with Gasteiger partial charge in [-0.2, -0.15) is 24.3 Å². The molecule has 0 saturated heterocycles. The molecular weight excluding hydrogens is 726 g/mol. The van der Waals surface area contributed by atoms with Gasteiger partial charge in [0.1, 0.15) is 0 Å². The second-order valence-corrected chi connectivity index (χ2v) is 12.0. The van der Waals surface area contributed by atoms with Gasteiger partial charge in [-0.1, -0.05) is 68.1 Å². The Hall–Kier alpha value is -2.94. The van der Waals surface area contributed by atoms with Crippen molar-refractivity contribution in [1.29, 1.82) is 0 Å². The van der Waals surface area contributed by atoms with Gasteiger partial charge < -0.3 is 9.80 Å². The van der Waals surface area contributed by atoms with Crippen LogP contribution in [0.25, 0.3) is 11.1 Å². The average molecular weight is 769 g/mol. The summed E-state index contributed by atoms with van der Waals surface area (Å²) < 4.78 is 4.14. The molecule has 1 aliphatic heterocycles. The molecule has 0 amide bonds. The van der Waals surface area contributed by atoms with Crippen LogP contribution in [0.3, 0.4) is 0 Å². The maximum atomic E-state index is 4.14. The molecule has 0 spiro atoms. The van der Waals surface area contributed by atoms with Crippen LogP contribution in [0.15, 0.2) is 77.8 Å². The van der Waals surface area contributed by atoms with Crippen LogP contribution < -0.4 is 9.80 Å². The zero-order chi connectivity index (χ0) is 30.2. The van der Waals surface area contributed by atoms with Crippen molar-refractivity contribution in [2.45, 2.75) is 73.6 Å². The van der Waals surface area contributed by atoms with Gasteiger partial charge in [-0.3, -0.25) is 0 Å². The number of aryl methyl sites for hydroxylation is 6. The van der Waals surface area contributed by atoms with Gasteiger partial charge in [-0.25, -0.2) is 4.74 Å². The summed E-state index contributed by atoms with van der Waals surface area (Å²) in [6.07, 6.45) is 6.49. The second-order valence-electron chi connectivity index (χ2n) is 11.8. The van der Waals surface area contributed by atoms with Crippen molar-refractivity contribution in [3.05, 3.63) is 130 Å². The van der Waals surface area contributed by atoms with Crippen molar-refractivity contribution in [1.82, 2.24) is 0 Å². The van der Waals surface area contributed by atoms with Gasteiger partial charge in [-0.05, 0) is 114 Å². The first-order valence-electron chi connectivity index (χ1n) is 14.9. The summed E-state index contributed by atoms with van der Waals surface area (Å²) in [5.74, 6) is 0. The van der Waals surface area contributed by atoms with Crippen molar-refractivity contribution < 1.29 is 22.4 Å². The van der Waals surface area contributed by atoms with Crippen LogP contribution >= 0.6 is 9.03 Å². The van der Waals surface area contributed by atoms with E-state index in [9.17, 15) is 0 Å². The van der Waals surface area contributed by atoms with Crippen LogP contribution in [-0.4, -0.2) is 0 Å². The van der Waals surface area contributed by atoms with Crippen molar-refractivity contribution in [3.63, 3.8) is 0 Å². The molecule has 0 fully saturated rings. The predicted molar refractivity (Wildman–Crippen MR) is 182 cm³/mol. The molecular formula is C38H42AuN3P-2. The zero-order valence-corrected chi connectivity index (χ0v) is 29.7. The molecule has 0 aromatic heterocycles. The van der Waals surface area contributed by atoms with Crippen LogP contribution in [0.5, 0.6) is 0 Å². The molecule has 4 aromatic rings. The fourth-order valence-electron chi connectivity index (χ4n) is 7.23. The van der Waals surface area contributed by atoms with Gasteiger partial charge >= 0.3 is 0 Å². The van der Waals surface area contributed by atoms with E-state index in [1.165, 1.54) is 67.0 Å². The molecule has 6 rings (SSSR count). The minimum atomic E-state index is 0. The minimum Gasteiger partial charge on any atom is -0.479 e. The monoisotopic (exact) mass is 768 g/mol. The molecule has 4 aromatic carbocycles. The smallest absolute Gasteiger partial charge is 0.0675 e. The number of fused-ring (bicyclic) bond motifs is 3. The third-order valence-electron chi connectivity index (χ3n) is 8.95. The van der Waals surface area contributed by atoms with Crippen LogP contribution in [0.1, 0.15) is 71.2 Å². The maximum Gasteiger partial charge on any atom is 0.0675 e. The van der Waals surface area contributed by atoms with E-state index in [4.69, 9.17) is 0 Å². The Morgan fingerprint density at radius 2 is 1.21 bits per heavy atom. The molecule has 3 nitrogen and oxygen atoms in total. The Morgan fingerprint density at radius 3 is 1.67 bits per heavy atom. The zero-order valence-electron chi connectivity index (χ0n) is 26.6. The van der Waals surface area contributed by atoms with Crippen molar-refractivity contribution in [2.75, 3.05) is 9.80 Å². The van der Waals surface area contributed by atoms with Crippen LogP contribution in [-0.2, 0) is 27.8 Å². The molecule has 227 valence electrons. The number of hydrogen-bond acceptors (Lipinski definition) is 3. The molecule has 1 heterocycles. The molecule has 0 bridgehead atoms. The van der Waals surface area contributed by atoms with Crippen LogP contribution in [0, 0.1) is 54.3 Å². The Bertz CT molecular complexity index is 1570. The molecule has 1 aliphatic carbocycles. The summed E-state index contributed by atoms with van der Waals surface area (Å²) in [6, 6.07) is 25.1. The summed E-state index contributed by atoms with van der Waals surface area (Å²) in [7, 11) is 3.25. The fraction of sp³-hybridized carbons (Fsp3) is 0.289. The number of anilines is 2. The molecule has 2 aliphatic rings. The Morgan fingerprint density at radius 1 is 0.721 bits per heavy atom. The third-order valence-corrected chi connectivity index (χ3v) is 9.21. The van der Waals surface area contributed by atoms with E-state index in [2.05, 4.69) is 159 Å². The molecule has 5 heteroatoms. The first-order chi connectivity index (χ1) is 20.1. The van der Waals surface area contributed by atoms with E-state index in [1.807, 2.05) is 6.07 Å². The summed E-state index contributed by atoms with van der Waals surface area (Å²) in [5, 5.41) is 0. The van der Waals surface area contributed by atoms with Gasteiger partial charge in [0.05, 0.1) is 5.69 Å². The molecule has 0 atom stereocenters. The largest absolute Gasteiger partial charge is 0.479 e. The molecule has 0 N–H and O–H groups in total. The SMILES string of the molecule is CCC1(CC)c2c[c-]ccc2-c2ccc(N=P)cc21.Cc1cc(C)c(N2C=CN(c3c(C)cc(C)cc3C)[CH-]2)c(C)c1.[Au]. The van der Waals surface area contributed by atoms with Gasteiger partial charge in [0.25, 0.3) is 0 Å². The number of rotatable bonds is 5. The summed E-state index contributed by atoms with van der Waals surface area (Å²) >= 11 is 0. The molecule has 0 saturated carbocycles. The number of nitrogens with zero attached hydrogens (tertiary/aromatic N) is 3. The van der Waals surface area contributed by atoms with E-state index >= 15 is 0 Å². The Balaban J connectivity index is 0.000000195. The summed E-state index contributed by atoms with van der Waals surface area (Å²) in [6.45, 7) is 19.8. The molecule has 0 unspecified atom stereocenters. The van der Waals surface area contributed by atoms with Gasteiger partial charge in [-0.15, -0.1) is 17.8 Å². The predicted octanol–water partition coefficient (Wildman–Crippen LogP) is 11.0. The van der Waals surface area contributed by atoms with E-state index in [0.717, 1.165) is 18.5 Å². The first-order valence-corrected chi connectivity index (χ1v) is 15.4. The standard InChI is InChI=1S/C21H25N2.C17H17NP.Au/c1-14-9-16(3)20(17(4)10-14)22-7-8-23(13-22)21-18(5)11-15(2)12-19(21)6;1-3-17(4-2)15-8-6-5-7-13(15)14-10-9-12(18-19)11-16(14)17;/h7-13H,1-6H3;5,7-11,19H,3-4H2,1-2H3;/q2*-1;. The molecule has 1 radical (unpaired) electrons. The Kier molecular flexibility index (Phi) is 10.2. The average Bonchev–Trinajstić information content (AvgIpc) is 3.53. The van der Waals surface area contributed by atoms with E-state index < -0.39 is 0 Å². The van der Waals surface area contributed by atoms with Crippen molar-refractivity contribution in [2.24, 2.45) is 4.74 Å². The minimum absolute atomic E-state index is 0. The van der Waals surface area contributed by atoms with Gasteiger partial charge in [0, 0.05) is 33.8 Å². The first kappa shape index (κ1) is 33.0. The van der Waals surface area contributed by atoms with Crippen molar-refractivity contribution in [3.8, 4) is 11.1 Å². The van der Waals surface area contributed by atoms with Gasteiger partial charge in [0.2, 0.25) is 0 Å². The van der Waals surface area contributed by atoms with E-state index in [1.54, 1.807) is 0 Å². The summed E-state index contributed by atoms with van der Waals surface area (Å²) in [4.78, 5) is 4.45. The van der Waals surface area contributed by atoms with Crippen molar-refractivity contribution >= 4 is 26.1 Å². The van der Waals surface area contributed by atoms with Crippen LogP contribution in [0.2, 0.25) is 0 Å². The maximum absolute atomic E-state index is 4.14. The van der Waals surface area contributed by atoms with E-state index in [-0.39, 0.29) is 27.8 Å². The fourth-order valence-corrected chi connectivity index (χ4v) is 7.37. The summed E-state index contributed by atoms with van der Waals surface area (Å²) in [5.41, 5.74) is 17.1. The van der Waals surface area contributed by atoms with E-state index in [0.29, 0.717) is 0 Å². The normalized spacial score (nSPS) is 14.0. The Labute approximate surface area is 276 Å². The van der Waals surface area contributed by atoms with Crippen LogP contribution in [0.4, 0.5) is 17.1 Å². The second kappa shape index (κ2) is 13.4. The number of benzene rings is 4. The third kappa shape index (κ3) is 6.06. The number of hydrogen-bond donors (Lipinski definition) is 0. The topological polar surface area (TPSA) is 18.8 Å². The van der Waals surface area contributed by atoms with Gasteiger partial charge in [0.15, 0.2) is 0 Å². The quantitative estimate of drug-likeness (QED) is 0.114.